The minimum atomic E-state index is -0.312. The molecule has 158 valence electrons. The van der Waals surface area contributed by atoms with Crippen molar-refractivity contribution in [2.75, 3.05) is 30.0 Å². The standard InChI is InChI=1S/C24H30N4O2/c1-4-12-27-14-19(23(29)25-21-13-16(2)10-11-17(21)3)22-20(15-27)24(30)28(26-22)18-8-6-5-7-9-18/h5-11,13,19-20,22,26H,4,12,14-15H2,1-3H3,(H,25,29). The summed E-state index contributed by atoms with van der Waals surface area (Å²) in [6.45, 7) is 8.35. The highest BCUT2D eigenvalue weighted by Crippen LogP contribution is 2.32. The zero-order valence-corrected chi connectivity index (χ0v) is 17.9. The number of likely N-dealkylation sites (tertiary alicyclic amines) is 1. The number of nitrogens with one attached hydrogen (secondary N) is 2. The summed E-state index contributed by atoms with van der Waals surface area (Å²) in [6.07, 6.45) is 0.993. The lowest BCUT2D eigenvalue weighted by Crippen LogP contribution is -2.56. The first-order valence-electron chi connectivity index (χ1n) is 10.7. The second-order valence-corrected chi connectivity index (χ2v) is 8.44. The van der Waals surface area contributed by atoms with Gasteiger partial charge in [-0.15, -0.1) is 0 Å². The molecule has 4 rings (SSSR count). The van der Waals surface area contributed by atoms with Crippen LogP contribution in [0.15, 0.2) is 48.5 Å². The minimum absolute atomic E-state index is 0.0327. The van der Waals surface area contributed by atoms with Crippen molar-refractivity contribution in [3.05, 3.63) is 59.7 Å². The van der Waals surface area contributed by atoms with E-state index >= 15 is 0 Å². The number of aryl methyl sites for hydroxylation is 2. The van der Waals surface area contributed by atoms with Gasteiger partial charge in [0, 0.05) is 18.8 Å². The molecule has 0 bridgehead atoms. The number of anilines is 2. The molecule has 2 saturated heterocycles. The number of benzene rings is 2. The van der Waals surface area contributed by atoms with Crippen molar-refractivity contribution in [1.29, 1.82) is 0 Å². The molecule has 6 nitrogen and oxygen atoms in total. The molecule has 3 unspecified atom stereocenters. The fourth-order valence-electron chi connectivity index (χ4n) is 4.55. The number of fused-ring (bicyclic) bond motifs is 1. The van der Waals surface area contributed by atoms with Crippen LogP contribution in [0.5, 0.6) is 0 Å². The molecular weight excluding hydrogens is 376 g/mol. The number of piperidine rings is 1. The SMILES string of the molecule is CCCN1CC(C(=O)Nc2cc(C)ccc2C)C2NN(c3ccccc3)C(=O)C2C1. The lowest BCUT2D eigenvalue weighted by atomic mass is 9.83. The average Bonchev–Trinajstić information content (AvgIpc) is 3.07. The molecule has 0 radical (unpaired) electrons. The highest BCUT2D eigenvalue weighted by molar-refractivity contribution is 6.00. The number of hydrogen-bond donors (Lipinski definition) is 2. The van der Waals surface area contributed by atoms with Crippen LogP contribution in [0.1, 0.15) is 24.5 Å². The fourth-order valence-corrected chi connectivity index (χ4v) is 4.55. The number of hydrogen-bond acceptors (Lipinski definition) is 4. The molecule has 0 aliphatic carbocycles. The molecule has 0 saturated carbocycles. The van der Waals surface area contributed by atoms with Gasteiger partial charge >= 0.3 is 0 Å². The van der Waals surface area contributed by atoms with Crippen molar-refractivity contribution in [3.8, 4) is 0 Å². The summed E-state index contributed by atoms with van der Waals surface area (Å²) in [5, 5.41) is 4.76. The number of carbonyl (C=O) groups is 2. The third-order valence-corrected chi connectivity index (χ3v) is 6.13. The van der Waals surface area contributed by atoms with Gasteiger partial charge in [-0.25, -0.2) is 10.4 Å². The van der Waals surface area contributed by atoms with E-state index in [1.807, 2.05) is 62.4 Å². The van der Waals surface area contributed by atoms with Crippen LogP contribution in [-0.2, 0) is 9.59 Å². The number of hydrazine groups is 1. The van der Waals surface area contributed by atoms with Crippen molar-refractivity contribution in [1.82, 2.24) is 10.3 Å². The number of carbonyl (C=O) groups excluding carboxylic acids is 2. The van der Waals surface area contributed by atoms with Crippen LogP contribution < -0.4 is 15.8 Å². The van der Waals surface area contributed by atoms with Crippen LogP contribution in [0.3, 0.4) is 0 Å². The molecule has 2 N–H and O–H groups in total. The van der Waals surface area contributed by atoms with E-state index < -0.39 is 0 Å². The van der Waals surface area contributed by atoms with Crippen LogP contribution in [0, 0.1) is 25.7 Å². The Morgan fingerprint density at radius 1 is 1.13 bits per heavy atom. The van der Waals surface area contributed by atoms with Crippen LogP contribution in [0.4, 0.5) is 11.4 Å². The Kier molecular flexibility index (Phi) is 5.88. The normalized spacial score (nSPS) is 24.0. The Morgan fingerprint density at radius 2 is 1.90 bits per heavy atom. The highest BCUT2D eigenvalue weighted by Gasteiger charge is 2.50. The lowest BCUT2D eigenvalue weighted by Gasteiger charge is -2.38. The molecule has 6 heteroatoms. The Morgan fingerprint density at radius 3 is 2.63 bits per heavy atom. The molecule has 3 atom stereocenters. The first-order valence-corrected chi connectivity index (χ1v) is 10.7. The number of para-hydroxylation sites is 1. The maximum Gasteiger partial charge on any atom is 0.247 e. The average molecular weight is 407 g/mol. The first-order chi connectivity index (χ1) is 14.5. The van der Waals surface area contributed by atoms with Gasteiger partial charge in [0.1, 0.15) is 0 Å². The quantitative estimate of drug-likeness (QED) is 0.801. The van der Waals surface area contributed by atoms with E-state index in [0.717, 1.165) is 35.5 Å². The molecule has 0 aromatic heterocycles. The van der Waals surface area contributed by atoms with Crippen molar-refractivity contribution >= 4 is 23.2 Å². The number of nitrogens with zero attached hydrogens (tertiary/aromatic N) is 2. The molecule has 2 aromatic rings. The molecule has 2 aromatic carbocycles. The highest BCUT2D eigenvalue weighted by atomic mass is 16.2. The van der Waals surface area contributed by atoms with Crippen molar-refractivity contribution in [3.63, 3.8) is 0 Å². The van der Waals surface area contributed by atoms with E-state index in [-0.39, 0.29) is 29.7 Å². The van der Waals surface area contributed by atoms with Gasteiger partial charge in [-0.05, 0) is 56.1 Å². The summed E-state index contributed by atoms with van der Waals surface area (Å²) in [5.41, 5.74) is 7.16. The van der Waals surface area contributed by atoms with E-state index in [4.69, 9.17) is 0 Å². The van der Waals surface area contributed by atoms with E-state index in [1.54, 1.807) is 5.01 Å². The Hall–Kier alpha value is -2.70. The zero-order valence-electron chi connectivity index (χ0n) is 17.9. The summed E-state index contributed by atoms with van der Waals surface area (Å²) < 4.78 is 0. The molecule has 2 aliphatic heterocycles. The second-order valence-electron chi connectivity index (χ2n) is 8.44. The fraction of sp³-hybridized carbons (Fsp3) is 0.417. The maximum absolute atomic E-state index is 13.4. The predicted octanol–water partition coefficient (Wildman–Crippen LogP) is 3.12. The predicted molar refractivity (Wildman–Crippen MR) is 119 cm³/mol. The van der Waals surface area contributed by atoms with Gasteiger partial charge in [0.25, 0.3) is 0 Å². The Labute approximate surface area is 178 Å². The van der Waals surface area contributed by atoms with E-state index in [2.05, 4.69) is 22.6 Å². The smallest absolute Gasteiger partial charge is 0.247 e. The zero-order chi connectivity index (χ0) is 21.3. The Bertz CT molecular complexity index is 930. The topological polar surface area (TPSA) is 64.7 Å². The summed E-state index contributed by atoms with van der Waals surface area (Å²) in [7, 11) is 0. The number of amides is 2. The van der Waals surface area contributed by atoms with Crippen molar-refractivity contribution in [2.24, 2.45) is 11.8 Å². The molecule has 2 aliphatic rings. The van der Waals surface area contributed by atoms with Gasteiger partial charge in [-0.2, -0.15) is 0 Å². The molecule has 2 heterocycles. The minimum Gasteiger partial charge on any atom is -0.326 e. The van der Waals surface area contributed by atoms with E-state index in [1.165, 1.54) is 0 Å². The van der Waals surface area contributed by atoms with Gasteiger partial charge in [0.2, 0.25) is 11.8 Å². The second kappa shape index (κ2) is 8.58. The summed E-state index contributed by atoms with van der Waals surface area (Å²) in [5.74, 6) is -0.543. The first kappa shape index (κ1) is 20.6. The Balaban J connectivity index is 1.60. The van der Waals surface area contributed by atoms with Crippen LogP contribution in [0.25, 0.3) is 0 Å². The maximum atomic E-state index is 13.4. The van der Waals surface area contributed by atoms with Crippen LogP contribution in [0.2, 0.25) is 0 Å². The summed E-state index contributed by atoms with van der Waals surface area (Å²) >= 11 is 0. The molecule has 2 amide bonds. The molecule has 30 heavy (non-hydrogen) atoms. The van der Waals surface area contributed by atoms with E-state index in [0.29, 0.717) is 13.1 Å². The van der Waals surface area contributed by atoms with Crippen molar-refractivity contribution < 1.29 is 9.59 Å². The van der Waals surface area contributed by atoms with Crippen LogP contribution >= 0.6 is 0 Å². The third kappa shape index (κ3) is 3.98. The third-order valence-electron chi connectivity index (χ3n) is 6.13. The molecule has 0 spiro atoms. The summed E-state index contributed by atoms with van der Waals surface area (Å²) in [6, 6.07) is 15.4. The van der Waals surface area contributed by atoms with Crippen LogP contribution in [-0.4, -0.2) is 42.4 Å². The van der Waals surface area contributed by atoms with Gasteiger partial charge < -0.3 is 10.2 Å². The van der Waals surface area contributed by atoms with Crippen molar-refractivity contribution in [2.45, 2.75) is 33.2 Å². The van der Waals surface area contributed by atoms with E-state index in [9.17, 15) is 9.59 Å². The van der Waals surface area contributed by atoms with Gasteiger partial charge in [-0.3, -0.25) is 9.59 Å². The lowest BCUT2D eigenvalue weighted by molar-refractivity contribution is -0.126. The molecule has 2 fully saturated rings. The monoisotopic (exact) mass is 406 g/mol. The van der Waals surface area contributed by atoms with Gasteiger partial charge in [-0.1, -0.05) is 37.3 Å². The largest absolute Gasteiger partial charge is 0.326 e. The van der Waals surface area contributed by atoms with Gasteiger partial charge in [0.15, 0.2) is 0 Å². The number of rotatable bonds is 5. The molecular formula is C24H30N4O2. The summed E-state index contributed by atoms with van der Waals surface area (Å²) in [4.78, 5) is 28.8. The van der Waals surface area contributed by atoms with Gasteiger partial charge in [0.05, 0.1) is 23.6 Å².